The lowest BCUT2D eigenvalue weighted by atomic mass is 10.2. The molecule has 2 N–H and O–H groups in total. The Morgan fingerprint density at radius 1 is 0.636 bits per heavy atom. The highest BCUT2D eigenvalue weighted by Gasteiger charge is 2.04. The van der Waals surface area contributed by atoms with Gasteiger partial charge < -0.3 is 24.8 Å². The SMILES string of the molecule is CCOC(=O)C=CC(=O)Nc1ccc(Oc2ccc(NC(=O)C=CC(=O)OCC)cc2)cc1. The Labute approximate surface area is 191 Å². The highest BCUT2D eigenvalue weighted by atomic mass is 16.5. The van der Waals surface area contributed by atoms with E-state index < -0.39 is 23.8 Å². The lowest BCUT2D eigenvalue weighted by Gasteiger charge is -2.08. The Morgan fingerprint density at radius 3 is 1.33 bits per heavy atom. The van der Waals surface area contributed by atoms with E-state index in [9.17, 15) is 19.2 Å². The second-order valence-electron chi connectivity index (χ2n) is 6.30. The Kier molecular flexibility index (Phi) is 9.88. The fourth-order valence-corrected chi connectivity index (χ4v) is 2.38. The number of esters is 2. The van der Waals surface area contributed by atoms with Gasteiger partial charge in [-0.1, -0.05) is 0 Å². The highest BCUT2D eigenvalue weighted by molar-refractivity contribution is 6.03. The van der Waals surface area contributed by atoms with Crippen molar-refractivity contribution < 1.29 is 33.4 Å². The maximum Gasteiger partial charge on any atom is 0.330 e. The standard InChI is InChI=1S/C24H24N2O7/c1-3-31-23(29)15-13-21(27)25-17-5-9-19(10-6-17)33-20-11-7-18(8-12-20)26-22(28)14-16-24(30)32-4-2/h5-16H,3-4H2,1-2H3,(H,25,27)(H,26,28). The minimum atomic E-state index is -0.588. The van der Waals surface area contributed by atoms with Crippen molar-refractivity contribution in [3.8, 4) is 11.5 Å². The molecule has 0 bridgehead atoms. The zero-order chi connectivity index (χ0) is 24.1. The molecule has 0 saturated heterocycles. The number of carbonyl (C=O) groups excluding carboxylic acids is 4. The number of rotatable bonds is 10. The molecule has 33 heavy (non-hydrogen) atoms. The van der Waals surface area contributed by atoms with Gasteiger partial charge in [-0.05, 0) is 62.4 Å². The van der Waals surface area contributed by atoms with Crippen molar-refractivity contribution in [3.63, 3.8) is 0 Å². The number of hydrogen-bond donors (Lipinski definition) is 2. The Bertz CT molecular complexity index is 942. The lowest BCUT2D eigenvalue weighted by molar-refractivity contribution is -0.138. The lowest BCUT2D eigenvalue weighted by Crippen LogP contribution is -2.09. The van der Waals surface area contributed by atoms with Crippen LogP contribution in [0.5, 0.6) is 11.5 Å². The molecule has 9 heteroatoms. The second-order valence-corrected chi connectivity index (χ2v) is 6.30. The molecule has 0 unspecified atom stereocenters. The van der Waals surface area contributed by atoms with E-state index in [0.29, 0.717) is 22.9 Å². The summed E-state index contributed by atoms with van der Waals surface area (Å²) in [5.41, 5.74) is 1.05. The smallest absolute Gasteiger partial charge is 0.330 e. The van der Waals surface area contributed by atoms with E-state index >= 15 is 0 Å². The molecule has 0 radical (unpaired) electrons. The molecule has 2 amide bonds. The van der Waals surface area contributed by atoms with Crippen LogP contribution in [0.3, 0.4) is 0 Å². The minimum absolute atomic E-state index is 0.234. The average molecular weight is 452 g/mol. The first-order valence-corrected chi connectivity index (χ1v) is 10.1. The summed E-state index contributed by atoms with van der Waals surface area (Å²) in [6.07, 6.45) is 4.29. The molecule has 2 aromatic rings. The molecule has 0 aliphatic carbocycles. The molecule has 9 nitrogen and oxygen atoms in total. The molecule has 0 saturated carbocycles. The van der Waals surface area contributed by atoms with Gasteiger partial charge in [0.15, 0.2) is 0 Å². The second kappa shape index (κ2) is 13.1. The number of nitrogens with one attached hydrogen (secondary N) is 2. The van der Waals surface area contributed by atoms with E-state index in [2.05, 4.69) is 10.6 Å². The Morgan fingerprint density at radius 2 is 1.00 bits per heavy atom. The summed E-state index contributed by atoms with van der Waals surface area (Å²) in [4.78, 5) is 46.1. The summed E-state index contributed by atoms with van der Waals surface area (Å²) in [5.74, 6) is -1.04. The summed E-state index contributed by atoms with van der Waals surface area (Å²) in [7, 11) is 0. The summed E-state index contributed by atoms with van der Waals surface area (Å²) in [6, 6.07) is 13.3. The van der Waals surface area contributed by atoms with Gasteiger partial charge >= 0.3 is 11.9 Å². The van der Waals surface area contributed by atoms with Crippen LogP contribution in [-0.2, 0) is 28.7 Å². The van der Waals surface area contributed by atoms with Crippen molar-refractivity contribution in [2.45, 2.75) is 13.8 Å². The molecule has 0 aromatic heterocycles. The van der Waals surface area contributed by atoms with Crippen LogP contribution in [0.4, 0.5) is 11.4 Å². The monoisotopic (exact) mass is 452 g/mol. The average Bonchev–Trinajstić information content (AvgIpc) is 2.79. The van der Waals surface area contributed by atoms with Crippen molar-refractivity contribution in [2.24, 2.45) is 0 Å². The molecular weight excluding hydrogens is 428 g/mol. The third-order valence-electron chi connectivity index (χ3n) is 3.79. The first kappa shape index (κ1) is 24.9. The van der Waals surface area contributed by atoms with Gasteiger partial charge in [0.05, 0.1) is 13.2 Å². The van der Waals surface area contributed by atoms with Crippen LogP contribution in [-0.4, -0.2) is 37.0 Å². The Hall–Kier alpha value is -4.40. The van der Waals surface area contributed by atoms with Crippen molar-refractivity contribution in [3.05, 3.63) is 72.8 Å². The van der Waals surface area contributed by atoms with E-state index in [1.807, 2.05) is 0 Å². The van der Waals surface area contributed by atoms with Crippen LogP contribution in [0, 0.1) is 0 Å². The molecule has 2 rings (SSSR count). The van der Waals surface area contributed by atoms with Gasteiger partial charge in [0.25, 0.3) is 0 Å². The van der Waals surface area contributed by atoms with E-state index in [4.69, 9.17) is 14.2 Å². The molecule has 0 atom stereocenters. The van der Waals surface area contributed by atoms with E-state index in [0.717, 1.165) is 24.3 Å². The molecule has 0 heterocycles. The van der Waals surface area contributed by atoms with Gasteiger partial charge in [0.2, 0.25) is 11.8 Å². The molecular formula is C24H24N2O7. The number of carbonyl (C=O) groups is 4. The van der Waals surface area contributed by atoms with Crippen LogP contribution in [0.15, 0.2) is 72.8 Å². The van der Waals surface area contributed by atoms with Crippen molar-refractivity contribution >= 4 is 35.1 Å². The van der Waals surface area contributed by atoms with Gasteiger partial charge in [0, 0.05) is 35.7 Å². The van der Waals surface area contributed by atoms with Gasteiger partial charge in [-0.15, -0.1) is 0 Å². The predicted molar refractivity (Wildman–Crippen MR) is 122 cm³/mol. The van der Waals surface area contributed by atoms with Crippen LogP contribution in [0.25, 0.3) is 0 Å². The first-order valence-electron chi connectivity index (χ1n) is 10.1. The predicted octanol–water partition coefficient (Wildman–Crippen LogP) is 3.59. The Balaban J connectivity index is 1.86. The third-order valence-corrected chi connectivity index (χ3v) is 3.79. The van der Waals surface area contributed by atoms with Gasteiger partial charge in [0.1, 0.15) is 11.5 Å². The molecule has 172 valence electrons. The molecule has 0 aliphatic rings. The summed E-state index contributed by atoms with van der Waals surface area (Å²) < 4.78 is 15.1. The van der Waals surface area contributed by atoms with Gasteiger partial charge in [-0.25, -0.2) is 9.59 Å². The number of amides is 2. The summed E-state index contributed by atoms with van der Waals surface area (Å²) in [5, 5.41) is 5.23. The van der Waals surface area contributed by atoms with Crippen LogP contribution < -0.4 is 15.4 Å². The summed E-state index contributed by atoms with van der Waals surface area (Å²) in [6.45, 7) is 3.82. The van der Waals surface area contributed by atoms with E-state index in [-0.39, 0.29) is 13.2 Å². The fourth-order valence-electron chi connectivity index (χ4n) is 2.38. The maximum atomic E-state index is 11.8. The molecule has 0 aliphatic heterocycles. The molecule has 2 aromatic carbocycles. The zero-order valence-corrected chi connectivity index (χ0v) is 18.2. The van der Waals surface area contributed by atoms with Crippen LogP contribution in [0.2, 0.25) is 0 Å². The quantitative estimate of drug-likeness (QED) is 0.417. The highest BCUT2D eigenvalue weighted by Crippen LogP contribution is 2.24. The van der Waals surface area contributed by atoms with E-state index in [1.54, 1.807) is 62.4 Å². The number of ether oxygens (including phenoxy) is 3. The first-order chi connectivity index (χ1) is 15.9. The van der Waals surface area contributed by atoms with Crippen LogP contribution in [0.1, 0.15) is 13.8 Å². The van der Waals surface area contributed by atoms with Gasteiger partial charge in [-0.2, -0.15) is 0 Å². The van der Waals surface area contributed by atoms with Crippen molar-refractivity contribution in [1.82, 2.24) is 0 Å². The van der Waals surface area contributed by atoms with Gasteiger partial charge in [-0.3, -0.25) is 9.59 Å². The molecule has 0 spiro atoms. The summed E-state index contributed by atoms with van der Waals surface area (Å²) >= 11 is 0. The third kappa shape index (κ3) is 9.52. The fraction of sp³-hybridized carbons (Fsp3) is 0.167. The number of anilines is 2. The minimum Gasteiger partial charge on any atom is -0.463 e. The van der Waals surface area contributed by atoms with Crippen LogP contribution >= 0.6 is 0 Å². The van der Waals surface area contributed by atoms with Crippen molar-refractivity contribution in [2.75, 3.05) is 23.8 Å². The van der Waals surface area contributed by atoms with E-state index in [1.165, 1.54) is 0 Å². The van der Waals surface area contributed by atoms with Crippen molar-refractivity contribution in [1.29, 1.82) is 0 Å². The largest absolute Gasteiger partial charge is 0.463 e. The number of benzene rings is 2. The molecule has 0 fully saturated rings. The maximum absolute atomic E-state index is 11.8. The topological polar surface area (TPSA) is 120 Å². The number of hydrogen-bond acceptors (Lipinski definition) is 7. The zero-order valence-electron chi connectivity index (χ0n) is 18.2. The normalized spacial score (nSPS) is 10.6.